The smallest absolute Gasteiger partial charge is 0.311 e. The molecule has 7 heteroatoms. The molecule has 0 aliphatic carbocycles. The maximum Gasteiger partial charge on any atom is 0.311 e. The first kappa shape index (κ1) is 25.1. The van der Waals surface area contributed by atoms with E-state index in [9.17, 15) is 29.7 Å². The largest absolute Gasteiger partial charge is 0.481 e. The minimum Gasteiger partial charge on any atom is -0.481 e. The van der Waals surface area contributed by atoms with E-state index in [-0.39, 0.29) is 24.1 Å². The molecule has 3 atom stereocenters. The molecule has 0 aromatic carbocycles. The van der Waals surface area contributed by atoms with Gasteiger partial charge < -0.3 is 19.8 Å². The number of carboxylic acids is 3. The number of rotatable bonds is 16. The lowest BCUT2D eigenvalue weighted by molar-refractivity contribution is -0.934. The molecular formula is C20H36NO6+. The molecule has 0 spiro atoms. The molecule has 0 fully saturated rings. The molecule has 0 aromatic heterocycles. The van der Waals surface area contributed by atoms with Crippen LogP contribution in [0, 0.1) is 17.8 Å². The lowest BCUT2D eigenvalue weighted by atomic mass is 10.0. The third-order valence-corrected chi connectivity index (χ3v) is 5.04. The van der Waals surface area contributed by atoms with Crippen LogP contribution in [0.25, 0.3) is 0 Å². The summed E-state index contributed by atoms with van der Waals surface area (Å²) in [6.07, 6.45) is 6.62. The fourth-order valence-electron chi connectivity index (χ4n) is 3.56. The summed E-state index contributed by atoms with van der Waals surface area (Å²) in [6.45, 7) is 9.76. The second-order valence-corrected chi connectivity index (χ2v) is 7.82. The molecule has 3 unspecified atom stereocenters. The molecule has 0 bridgehead atoms. The van der Waals surface area contributed by atoms with Crippen molar-refractivity contribution in [2.75, 3.05) is 26.2 Å². The van der Waals surface area contributed by atoms with E-state index in [2.05, 4.69) is 6.58 Å². The summed E-state index contributed by atoms with van der Waals surface area (Å²) in [5.41, 5.74) is 0. The van der Waals surface area contributed by atoms with Crippen molar-refractivity contribution in [2.24, 2.45) is 17.8 Å². The van der Waals surface area contributed by atoms with Crippen molar-refractivity contribution in [3.63, 3.8) is 0 Å². The van der Waals surface area contributed by atoms with E-state index in [1.54, 1.807) is 20.8 Å². The molecule has 0 aliphatic heterocycles. The van der Waals surface area contributed by atoms with Crippen LogP contribution in [0.15, 0.2) is 12.7 Å². The van der Waals surface area contributed by atoms with Gasteiger partial charge in [-0.2, -0.15) is 0 Å². The molecule has 3 N–H and O–H groups in total. The Hall–Kier alpha value is -1.89. The van der Waals surface area contributed by atoms with E-state index in [4.69, 9.17) is 0 Å². The highest BCUT2D eigenvalue weighted by molar-refractivity contribution is 5.70. The van der Waals surface area contributed by atoms with Crippen LogP contribution in [0.2, 0.25) is 0 Å². The van der Waals surface area contributed by atoms with Crippen molar-refractivity contribution in [2.45, 2.75) is 52.9 Å². The van der Waals surface area contributed by atoms with Gasteiger partial charge in [0.05, 0.1) is 26.2 Å². The predicted molar refractivity (Wildman–Crippen MR) is 103 cm³/mol. The van der Waals surface area contributed by atoms with Gasteiger partial charge in [0.25, 0.3) is 0 Å². The predicted octanol–water partition coefficient (Wildman–Crippen LogP) is 3.10. The number of carboxylic acid groups (broad SMARTS) is 3. The van der Waals surface area contributed by atoms with Crippen LogP contribution in [0.1, 0.15) is 52.9 Å². The summed E-state index contributed by atoms with van der Waals surface area (Å²) < 4.78 is 0.204. The zero-order valence-electron chi connectivity index (χ0n) is 16.9. The third-order valence-electron chi connectivity index (χ3n) is 5.04. The molecule has 0 rings (SSSR count). The Kier molecular flexibility index (Phi) is 11.6. The highest BCUT2D eigenvalue weighted by Crippen LogP contribution is 2.22. The van der Waals surface area contributed by atoms with E-state index >= 15 is 0 Å². The van der Waals surface area contributed by atoms with Crippen LogP contribution in [-0.4, -0.2) is 63.9 Å². The monoisotopic (exact) mass is 386 g/mol. The van der Waals surface area contributed by atoms with Gasteiger partial charge in [-0.1, -0.05) is 12.5 Å². The van der Waals surface area contributed by atoms with E-state index in [0.29, 0.717) is 6.54 Å². The summed E-state index contributed by atoms with van der Waals surface area (Å²) in [5, 5.41) is 28.0. The molecule has 7 nitrogen and oxygen atoms in total. The fraction of sp³-hybridized carbons (Fsp3) is 0.750. The van der Waals surface area contributed by atoms with Crippen LogP contribution < -0.4 is 0 Å². The van der Waals surface area contributed by atoms with Gasteiger partial charge in [0.1, 0.15) is 17.8 Å². The number of allylic oxidation sites excluding steroid dienone is 1. The van der Waals surface area contributed by atoms with Gasteiger partial charge in [-0.15, -0.1) is 6.58 Å². The Bertz CT molecular complexity index is 450. The number of unbranched alkanes of at least 4 members (excludes halogenated alkanes) is 4. The van der Waals surface area contributed by atoms with Gasteiger partial charge in [0.15, 0.2) is 0 Å². The second kappa shape index (κ2) is 12.5. The molecule has 0 saturated carbocycles. The molecule has 0 heterocycles. The van der Waals surface area contributed by atoms with E-state index in [1.807, 2.05) is 6.08 Å². The SMILES string of the molecule is C=CCCCCCC[N+](CC(C)C(=O)O)(CC(C)C(=O)O)CC(C)C(=O)O. The van der Waals surface area contributed by atoms with Gasteiger partial charge >= 0.3 is 17.9 Å². The van der Waals surface area contributed by atoms with Crippen molar-refractivity contribution in [1.29, 1.82) is 0 Å². The number of quaternary nitrogens is 1. The summed E-state index contributed by atoms with van der Waals surface area (Å²) in [6, 6.07) is 0. The highest BCUT2D eigenvalue weighted by Gasteiger charge is 2.38. The maximum absolute atomic E-state index is 11.4. The number of nitrogens with zero attached hydrogens (tertiary/aromatic N) is 1. The maximum atomic E-state index is 11.4. The summed E-state index contributed by atoms with van der Waals surface area (Å²) in [7, 11) is 0. The van der Waals surface area contributed by atoms with Gasteiger partial charge in [0.2, 0.25) is 0 Å². The van der Waals surface area contributed by atoms with Crippen molar-refractivity contribution in [3.8, 4) is 0 Å². The molecule has 156 valence electrons. The number of hydrogen-bond acceptors (Lipinski definition) is 3. The van der Waals surface area contributed by atoms with Crippen molar-refractivity contribution in [3.05, 3.63) is 12.7 Å². The standard InChI is InChI=1S/C20H35NO6/c1-5-6-7-8-9-10-11-21(12-15(2)18(22)23,13-16(3)19(24)25)14-17(4)20(26)27/h5,15-17H,1,6-14H2,2-4H3,(H2-,22,23,24,25,26,27)/p+1. The first-order valence-electron chi connectivity index (χ1n) is 9.69. The quantitative estimate of drug-likeness (QED) is 0.213. The van der Waals surface area contributed by atoms with Gasteiger partial charge in [0, 0.05) is 0 Å². The van der Waals surface area contributed by atoms with Crippen LogP contribution in [0.5, 0.6) is 0 Å². The Balaban J connectivity index is 5.39. The van der Waals surface area contributed by atoms with Crippen LogP contribution >= 0.6 is 0 Å². The molecule has 0 aromatic rings. The summed E-state index contributed by atoms with van der Waals surface area (Å²) >= 11 is 0. The zero-order valence-corrected chi connectivity index (χ0v) is 16.9. The Morgan fingerprint density at radius 2 is 1.15 bits per heavy atom. The van der Waals surface area contributed by atoms with Crippen molar-refractivity contribution in [1.82, 2.24) is 0 Å². The van der Waals surface area contributed by atoms with E-state index < -0.39 is 35.7 Å². The Labute approximate surface area is 162 Å². The second-order valence-electron chi connectivity index (χ2n) is 7.82. The van der Waals surface area contributed by atoms with Crippen LogP contribution in [-0.2, 0) is 14.4 Å². The molecule has 0 amide bonds. The van der Waals surface area contributed by atoms with Gasteiger partial charge in [-0.25, -0.2) is 0 Å². The van der Waals surface area contributed by atoms with Gasteiger partial charge in [-0.3, -0.25) is 14.4 Å². The van der Waals surface area contributed by atoms with Crippen molar-refractivity contribution < 1.29 is 34.2 Å². The van der Waals surface area contributed by atoms with Crippen LogP contribution in [0.4, 0.5) is 0 Å². The molecule has 0 saturated heterocycles. The average molecular weight is 387 g/mol. The first-order chi connectivity index (χ1) is 12.5. The van der Waals surface area contributed by atoms with E-state index in [0.717, 1.165) is 32.1 Å². The van der Waals surface area contributed by atoms with E-state index in [1.165, 1.54) is 0 Å². The zero-order chi connectivity index (χ0) is 21.0. The molecule has 27 heavy (non-hydrogen) atoms. The highest BCUT2D eigenvalue weighted by atomic mass is 16.4. The Morgan fingerprint density at radius 3 is 1.48 bits per heavy atom. The molecule has 0 radical (unpaired) electrons. The normalized spacial score (nSPS) is 16.7. The lowest BCUT2D eigenvalue weighted by Crippen LogP contribution is -2.57. The van der Waals surface area contributed by atoms with Crippen molar-refractivity contribution >= 4 is 17.9 Å². The number of hydrogen-bond donors (Lipinski definition) is 3. The Morgan fingerprint density at radius 1 is 0.778 bits per heavy atom. The minimum absolute atomic E-state index is 0.204. The third kappa shape index (κ3) is 10.1. The molecule has 0 aliphatic rings. The van der Waals surface area contributed by atoms with Gasteiger partial charge in [-0.05, 0) is 46.5 Å². The summed E-state index contributed by atoms with van der Waals surface area (Å²) in [4.78, 5) is 34.2. The number of carbonyl (C=O) groups is 3. The fourth-order valence-corrected chi connectivity index (χ4v) is 3.56. The average Bonchev–Trinajstić information content (AvgIpc) is 2.57. The first-order valence-corrected chi connectivity index (χ1v) is 9.69. The molecular weight excluding hydrogens is 350 g/mol. The summed E-state index contributed by atoms with van der Waals surface area (Å²) in [5.74, 6) is -4.87. The topological polar surface area (TPSA) is 112 Å². The minimum atomic E-state index is -0.950. The number of aliphatic carboxylic acids is 3. The lowest BCUT2D eigenvalue weighted by Gasteiger charge is -2.42. The van der Waals surface area contributed by atoms with Crippen LogP contribution in [0.3, 0.4) is 0 Å².